The third-order valence-corrected chi connectivity index (χ3v) is 12.9. The molecule has 0 spiro atoms. The molecule has 11 aromatic rings. The van der Waals surface area contributed by atoms with Gasteiger partial charge in [-0.1, -0.05) is 162 Å². The van der Waals surface area contributed by atoms with E-state index in [1.165, 1.54) is 38.9 Å². The van der Waals surface area contributed by atoms with E-state index < -0.39 is 5.41 Å². The van der Waals surface area contributed by atoms with Gasteiger partial charge in [-0.2, -0.15) is 0 Å². The Labute approximate surface area is 374 Å². The molecule has 0 aliphatic rings. The van der Waals surface area contributed by atoms with E-state index in [9.17, 15) is 0 Å². The van der Waals surface area contributed by atoms with Crippen LogP contribution in [0.25, 0.3) is 88.6 Å². The summed E-state index contributed by atoms with van der Waals surface area (Å²) < 4.78 is 0. The van der Waals surface area contributed by atoms with Crippen molar-refractivity contribution < 1.29 is 0 Å². The maximum absolute atomic E-state index is 5.28. The molecule has 4 heteroatoms. The van der Waals surface area contributed by atoms with E-state index in [0.717, 1.165) is 88.6 Å². The summed E-state index contributed by atoms with van der Waals surface area (Å²) in [6, 6.07) is 67.6. The van der Waals surface area contributed by atoms with Gasteiger partial charge in [0.15, 0.2) is 0 Å². The largest absolute Gasteiger partial charge is 0.245 e. The highest BCUT2D eigenvalue weighted by Gasteiger charge is 2.31. The third-order valence-electron chi connectivity index (χ3n) is 12.9. The van der Waals surface area contributed by atoms with Gasteiger partial charge in [0.05, 0.1) is 44.8 Å². The number of fused-ring (bicyclic) bond motifs is 6. The van der Waals surface area contributed by atoms with Crippen LogP contribution in [0.1, 0.15) is 45.9 Å². The second kappa shape index (κ2) is 15.5. The van der Waals surface area contributed by atoms with Crippen molar-refractivity contribution in [2.24, 2.45) is 0 Å². The Bertz CT molecular complexity index is 3330. The van der Waals surface area contributed by atoms with E-state index in [1.807, 2.05) is 0 Å². The lowest BCUT2D eigenvalue weighted by atomic mass is 9.71. The number of benzene rings is 7. The average molecular weight is 823 g/mol. The highest BCUT2D eigenvalue weighted by atomic mass is 14.8. The van der Waals surface area contributed by atoms with Crippen molar-refractivity contribution in [2.45, 2.75) is 40.0 Å². The van der Waals surface area contributed by atoms with Gasteiger partial charge < -0.3 is 0 Å². The summed E-state index contributed by atoms with van der Waals surface area (Å²) in [6.45, 7) is 10.9. The Morgan fingerprint density at radius 3 is 0.891 bits per heavy atom. The zero-order chi connectivity index (χ0) is 43.5. The van der Waals surface area contributed by atoms with E-state index in [2.05, 4.69) is 223 Å². The Morgan fingerprint density at radius 1 is 0.281 bits per heavy atom. The monoisotopic (exact) mass is 822 g/mol. The minimum atomic E-state index is -0.429. The second-order valence-electron chi connectivity index (χ2n) is 17.6. The van der Waals surface area contributed by atoms with Gasteiger partial charge in [0.1, 0.15) is 0 Å². The molecule has 306 valence electrons. The molecule has 0 amide bonds. The lowest BCUT2D eigenvalue weighted by Gasteiger charge is -2.32. The summed E-state index contributed by atoms with van der Waals surface area (Å²) in [5, 5.41) is 4.30. The van der Waals surface area contributed by atoms with Crippen molar-refractivity contribution in [3.63, 3.8) is 0 Å². The number of rotatable bonds is 7. The summed E-state index contributed by atoms with van der Waals surface area (Å²) in [5.41, 5.74) is 19.9. The van der Waals surface area contributed by atoms with Crippen molar-refractivity contribution in [1.82, 2.24) is 19.9 Å². The number of aryl methyl sites for hydroxylation is 4. The molecular formula is C60H46N4. The van der Waals surface area contributed by atoms with Gasteiger partial charge in [-0.05, 0) is 99.8 Å². The maximum atomic E-state index is 5.28. The summed E-state index contributed by atoms with van der Waals surface area (Å²) in [4.78, 5) is 21.0. The van der Waals surface area contributed by atoms with Crippen LogP contribution in [0.4, 0.5) is 0 Å². The molecule has 0 saturated heterocycles. The smallest absolute Gasteiger partial charge is 0.0972 e. The molecule has 0 bridgehead atoms. The van der Waals surface area contributed by atoms with Crippen LogP contribution in [-0.4, -0.2) is 19.9 Å². The quantitative estimate of drug-likeness (QED) is 0.119. The fourth-order valence-corrected chi connectivity index (χ4v) is 9.64. The topological polar surface area (TPSA) is 51.6 Å². The standard InChI is InChI=1S/C60H46N4/c1-37-31-38(2)34-47(33-37)54-29-21-45-13-11-43-19-27-52(61-56(43)58(45)63-54)41-15-23-50(24-16-41)60(5,49-9-7-6-8-10-49)51-25-17-42(18-26-51)53-28-20-44-12-14-46-22-30-55(64-59(46)57(44)62-53)48-35-39(3)32-40(4)36-48/h6-36H,1-5H3. The highest BCUT2D eigenvalue weighted by molar-refractivity contribution is 6.05. The van der Waals surface area contributed by atoms with Crippen molar-refractivity contribution in [2.75, 3.05) is 0 Å². The first-order valence-electron chi connectivity index (χ1n) is 22.0. The molecule has 4 aromatic heterocycles. The number of hydrogen-bond acceptors (Lipinski definition) is 4. The van der Waals surface area contributed by atoms with Gasteiger partial charge >= 0.3 is 0 Å². The molecule has 7 aromatic carbocycles. The van der Waals surface area contributed by atoms with E-state index in [0.29, 0.717) is 0 Å². The molecule has 0 fully saturated rings. The zero-order valence-corrected chi connectivity index (χ0v) is 36.7. The molecule has 11 rings (SSSR count). The number of pyridine rings is 4. The summed E-state index contributed by atoms with van der Waals surface area (Å²) in [6.07, 6.45) is 0. The van der Waals surface area contributed by atoms with E-state index >= 15 is 0 Å². The highest BCUT2D eigenvalue weighted by Crippen LogP contribution is 2.41. The molecule has 0 saturated carbocycles. The van der Waals surface area contributed by atoms with E-state index in [-0.39, 0.29) is 0 Å². The fourth-order valence-electron chi connectivity index (χ4n) is 9.64. The summed E-state index contributed by atoms with van der Waals surface area (Å²) in [5.74, 6) is 0. The van der Waals surface area contributed by atoms with E-state index in [1.54, 1.807) is 0 Å². The van der Waals surface area contributed by atoms with Crippen molar-refractivity contribution in [1.29, 1.82) is 0 Å². The SMILES string of the molecule is Cc1cc(C)cc(-c2ccc3ccc4ccc(-c5ccc(C(C)(c6ccccc6)c6ccc(-c7ccc8ccc9ccc(-c%10cc(C)cc(C)c%10)nc9c8n7)cc6)cc5)nc4c3n2)c1. The maximum Gasteiger partial charge on any atom is 0.0972 e. The Hall–Kier alpha value is -7.82. The lowest BCUT2D eigenvalue weighted by Crippen LogP contribution is -2.25. The predicted molar refractivity (Wildman–Crippen MR) is 267 cm³/mol. The van der Waals surface area contributed by atoms with Crippen LogP contribution in [0.15, 0.2) is 188 Å². The summed E-state index contributed by atoms with van der Waals surface area (Å²) in [7, 11) is 0. The van der Waals surface area contributed by atoms with Crippen LogP contribution in [0, 0.1) is 27.7 Å². The lowest BCUT2D eigenvalue weighted by molar-refractivity contribution is 0.693. The predicted octanol–water partition coefficient (Wildman–Crippen LogP) is 15.1. The Morgan fingerprint density at radius 2 is 0.562 bits per heavy atom. The molecule has 0 aliphatic heterocycles. The minimum Gasteiger partial charge on any atom is -0.245 e. The number of aromatic nitrogens is 4. The molecule has 0 atom stereocenters. The van der Waals surface area contributed by atoms with Gasteiger partial charge in [-0.25, -0.2) is 19.9 Å². The van der Waals surface area contributed by atoms with Gasteiger partial charge in [0, 0.05) is 49.2 Å². The van der Waals surface area contributed by atoms with Gasteiger partial charge in [-0.15, -0.1) is 0 Å². The molecular weight excluding hydrogens is 777 g/mol. The first kappa shape index (κ1) is 39.1. The normalized spacial score (nSPS) is 11.8. The van der Waals surface area contributed by atoms with Crippen LogP contribution >= 0.6 is 0 Å². The van der Waals surface area contributed by atoms with Gasteiger partial charge in [0.2, 0.25) is 0 Å². The molecule has 64 heavy (non-hydrogen) atoms. The Balaban J connectivity index is 0.942. The van der Waals surface area contributed by atoms with Crippen LogP contribution < -0.4 is 0 Å². The van der Waals surface area contributed by atoms with Crippen molar-refractivity contribution in [3.05, 3.63) is 227 Å². The van der Waals surface area contributed by atoms with Crippen molar-refractivity contribution in [3.8, 4) is 45.0 Å². The number of nitrogens with zero attached hydrogens (tertiary/aromatic N) is 4. The molecule has 0 radical (unpaired) electrons. The van der Waals surface area contributed by atoms with E-state index in [4.69, 9.17) is 19.9 Å². The number of hydrogen-bond donors (Lipinski definition) is 0. The summed E-state index contributed by atoms with van der Waals surface area (Å²) >= 11 is 0. The molecule has 0 aliphatic carbocycles. The van der Waals surface area contributed by atoms with Crippen LogP contribution in [-0.2, 0) is 5.41 Å². The second-order valence-corrected chi connectivity index (χ2v) is 17.6. The van der Waals surface area contributed by atoms with Crippen LogP contribution in [0.2, 0.25) is 0 Å². The molecule has 4 heterocycles. The van der Waals surface area contributed by atoms with Crippen LogP contribution in [0.3, 0.4) is 0 Å². The van der Waals surface area contributed by atoms with Crippen molar-refractivity contribution >= 4 is 43.6 Å². The molecule has 4 nitrogen and oxygen atoms in total. The Kier molecular flexibility index (Phi) is 9.47. The molecule has 0 unspecified atom stereocenters. The average Bonchev–Trinajstić information content (AvgIpc) is 3.32. The van der Waals surface area contributed by atoms with Gasteiger partial charge in [0.25, 0.3) is 0 Å². The van der Waals surface area contributed by atoms with Gasteiger partial charge in [-0.3, -0.25) is 0 Å². The van der Waals surface area contributed by atoms with Crippen LogP contribution in [0.5, 0.6) is 0 Å². The first-order chi connectivity index (χ1) is 31.2. The first-order valence-corrected chi connectivity index (χ1v) is 22.0. The minimum absolute atomic E-state index is 0.429. The molecule has 0 N–H and O–H groups in total. The zero-order valence-electron chi connectivity index (χ0n) is 36.7. The third kappa shape index (κ3) is 6.98. The fraction of sp³-hybridized carbons (Fsp3) is 0.100.